The fourth-order valence-corrected chi connectivity index (χ4v) is 3.20. The summed E-state index contributed by atoms with van der Waals surface area (Å²) in [5.41, 5.74) is 2.43. The summed E-state index contributed by atoms with van der Waals surface area (Å²) < 4.78 is 47.3. The van der Waals surface area contributed by atoms with E-state index >= 15 is 0 Å². The zero-order chi connectivity index (χ0) is 18.7. The van der Waals surface area contributed by atoms with E-state index in [0.29, 0.717) is 23.1 Å². The first-order valence-corrected chi connectivity index (χ1v) is 8.69. The Kier molecular flexibility index (Phi) is 5.36. The molecule has 0 aromatic heterocycles. The van der Waals surface area contributed by atoms with Gasteiger partial charge in [-0.05, 0) is 23.4 Å². The highest BCUT2D eigenvalue weighted by atomic mass is 19.4. The molecule has 1 atom stereocenters. The van der Waals surface area contributed by atoms with Gasteiger partial charge in [0.25, 0.3) is 0 Å². The monoisotopic (exact) mass is 366 g/mol. The zero-order valence-electron chi connectivity index (χ0n) is 14.5. The highest BCUT2D eigenvalue weighted by Gasteiger charge is 2.47. The summed E-state index contributed by atoms with van der Waals surface area (Å²) in [5, 5.41) is 2.09. The van der Waals surface area contributed by atoms with Crippen LogP contribution < -0.4 is 10.2 Å². The van der Waals surface area contributed by atoms with Crippen LogP contribution in [0.2, 0.25) is 0 Å². The average Bonchev–Trinajstić information content (AvgIpc) is 3.00. The molecule has 4 nitrogen and oxygen atoms in total. The van der Waals surface area contributed by atoms with E-state index < -0.39 is 18.1 Å². The maximum atomic E-state index is 13.8. The van der Waals surface area contributed by atoms with Gasteiger partial charge in [0.2, 0.25) is 5.91 Å². The van der Waals surface area contributed by atoms with Gasteiger partial charge in [-0.2, -0.15) is 13.2 Å². The van der Waals surface area contributed by atoms with Gasteiger partial charge in [-0.25, -0.2) is 5.01 Å². The lowest BCUT2D eigenvalue weighted by Crippen LogP contribution is -2.43. The minimum absolute atomic E-state index is 0.0199. The number of hydrazine groups is 1. The molecule has 1 aliphatic rings. The van der Waals surface area contributed by atoms with Gasteiger partial charge < -0.3 is 4.74 Å². The molecule has 2 aromatic rings. The molecule has 26 heavy (non-hydrogen) atoms. The molecular formula is C19H21F3N2O2. The van der Waals surface area contributed by atoms with Crippen molar-refractivity contribution in [1.82, 2.24) is 10.4 Å². The van der Waals surface area contributed by atoms with Crippen molar-refractivity contribution < 1.29 is 22.7 Å². The Morgan fingerprint density at radius 1 is 1.19 bits per heavy atom. The summed E-state index contributed by atoms with van der Waals surface area (Å²) >= 11 is 0. The van der Waals surface area contributed by atoms with E-state index in [2.05, 4.69) is 5.43 Å². The number of nitrogens with one attached hydrogen (secondary N) is 1. The number of alkyl halides is 3. The molecule has 140 valence electrons. The zero-order valence-corrected chi connectivity index (χ0v) is 14.5. The highest BCUT2D eigenvalue weighted by molar-refractivity contribution is 5.91. The molecule has 1 amide bonds. The third-order valence-corrected chi connectivity index (χ3v) is 4.44. The van der Waals surface area contributed by atoms with Crippen molar-refractivity contribution in [3.63, 3.8) is 0 Å². The highest BCUT2D eigenvalue weighted by Crippen LogP contribution is 2.42. The summed E-state index contributed by atoms with van der Waals surface area (Å²) in [7, 11) is 0. The summed E-state index contributed by atoms with van der Waals surface area (Å²) in [6, 6.07) is 8.04. The molecule has 0 bridgehead atoms. The molecule has 1 unspecified atom stereocenters. The van der Waals surface area contributed by atoms with Gasteiger partial charge in [0.05, 0.1) is 6.61 Å². The Morgan fingerprint density at radius 2 is 1.92 bits per heavy atom. The van der Waals surface area contributed by atoms with Crippen molar-refractivity contribution in [2.24, 2.45) is 0 Å². The van der Waals surface area contributed by atoms with Gasteiger partial charge in [-0.1, -0.05) is 43.7 Å². The molecule has 1 N–H and O–H groups in total. The molecule has 0 saturated carbocycles. The van der Waals surface area contributed by atoms with E-state index in [0.717, 1.165) is 17.9 Å². The number of amides is 1. The molecule has 3 rings (SSSR count). The van der Waals surface area contributed by atoms with Crippen molar-refractivity contribution in [2.75, 3.05) is 13.2 Å². The van der Waals surface area contributed by atoms with Gasteiger partial charge >= 0.3 is 6.18 Å². The second-order valence-electron chi connectivity index (χ2n) is 6.32. The number of fused-ring (bicyclic) bond motifs is 1. The lowest BCUT2D eigenvalue weighted by Gasteiger charge is -2.30. The first-order chi connectivity index (χ1) is 12.4. The SMILES string of the molecule is CCCCOc1cccc2c(C(N3CCC(=O)N3)C(F)(F)F)cccc12. The van der Waals surface area contributed by atoms with Crippen molar-refractivity contribution in [3.8, 4) is 5.75 Å². The van der Waals surface area contributed by atoms with Crippen LogP contribution in [0.3, 0.4) is 0 Å². The Balaban J connectivity index is 2.05. The largest absolute Gasteiger partial charge is 0.493 e. The molecule has 1 fully saturated rings. The molecular weight excluding hydrogens is 345 g/mol. The van der Waals surface area contributed by atoms with Crippen LogP contribution in [0.15, 0.2) is 36.4 Å². The Hall–Kier alpha value is -2.28. The Morgan fingerprint density at radius 3 is 2.58 bits per heavy atom. The molecule has 1 heterocycles. The fourth-order valence-electron chi connectivity index (χ4n) is 3.20. The van der Waals surface area contributed by atoms with Crippen molar-refractivity contribution in [2.45, 2.75) is 38.4 Å². The van der Waals surface area contributed by atoms with E-state index in [1.807, 2.05) is 6.92 Å². The quantitative estimate of drug-likeness (QED) is 0.773. The maximum Gasteiger partial charge on any atom is 0.409 e. The van der Waals surface area contributed by atoms with E-state index in [1.165, 1.54) is 6.07 Å². The number of hydrogen-bond donors (Lipinski definition) is 1. The molecule has 2 aromatic carbocycles. The Labute approximate surface area is 149 Å². The van der Waals surface area contributed by atoms with Gasteiger partial charge in [0.15, 0.2) is 6.04 Å². The van der Waals surface area contributed by atoms with Crippen LogP contribution in [0.5, 0.6) is 5.75 Å². The number of carbonyl (C=O) groups excluding carboxylic acids is 1. The molecule has 0 aliphatic carbocycles. The van der Waals surface area contributed by atoms with E-state index in [9.17, 15) is 18.0 Å². The number of unbranched alkanes of at least 4 members (excludes halogenated alkanes) is 1. The Bertz CT molecular complexity index is 792. The second-order valence-corrected chi connectivity index (χ2v) is 6.32. The number of ether oxygens (including phenoxy) is 1. The lowest BCUT2D eigenvalue weighted by atomic mass is 9.97. The maximum absolute atomic E-state index is 13.8. The number of halogens is 3. The smallest absolute Gasteiger partial charge is 0.409 e. The van der Waals surface area contributed by atoms with Crippen molar-refractivity contribution >= 4 is 16.7 Å². The normalized spacial score (nSPS) is 16.7. The summed E-state index contributed by atoms with van der Waals surface area (Å²) in [5.74, 6) is 0.173. The first-order valence-electron chi connectivity index (χ1n) is 8.69. The minimum atomic E-state index is -4.52. The molecule has 1 aliphatic heterocycles. The number of hydrogen-bond acceptors (Lipinski definition) is 3. The standard InChI is InChI=1S/C19H21F3N2O2/c1-2-3-12-26-16-9-5-6-13-14(16)7-4-8-15(13)18(19(20,21)22)24-11-10-17(25)23-24/h4-9,18H,2-3,10-12H2,1H3,(H,23,25). The summed E-state index contributed by atoms with van der Waals surface area (Å²) in [6.07, 6.45) is -2.62. The molecule has 0 radical (unpaired) electrons. The number of carbonyl (C=O) groups is 1. The van der Waals surface area contributed by atoms with E-state index in [-0.39, 0.29) is 18.5 Å². The predicted molar refractivity (Wildman–Crippen MR) is 92.6 cm³/mol. The van der Waals surface area contributed by atoms with Crippen LogP contribution in [-0.4, -0.2) is 30.2 Å². The third kappa shape index (κ3) is 3.77. The van der Waals surface area contributed by atoms with Crippen LogP contribution in [-0.2, 0) is 4.79 Å². The van der Waals surface area contributed by atoms with E-state index in [4.69, 9.17) is 4.74 Å². The summed E-state index contributed by atoms with van der Waals surface area (Å²) in [4.78, 5) is 11.4. The van der Waals surface area contributed by atoms with Crippen LogP contribution in [0.4, 0.5) is 13.2 Å². The second kappa shape index (κ2) is 7.53. The minimum Gasteiger partial charge on any atom is -0.493 e. The number of benzene rings is 2. The van der Waals surface area contributed by atoms with Crippen LogP contribution in [0.25, 0.3) is 10.8 Å². The third-order valence-electron chi connectivity index (χ3n) is 4.44. The first kappa shape index (κ1) is 18.5. The number of nitrogens with zero attached hydrogens (tertiary/aromatic N) is 1. The van der Waals surface area contributed by atoms with Gasteiger partial charge in [0, 0.05) is 18.4 Å². The van der Waals surface area contributed by atoms with Crippen LogP contribution in [0.1, 0.15) is 37.8 Å². The van der Waals surface area contributed by atoms with Gasteiger partial charge in [-0.15, -0.1) is 0 Å². The predicted octanol–water partition coefficient (Wildman–Crippen LogP) is 4.36. The van der Waals surface area contributed by atoms with Crippen molar-refractivity contribution in [3.05, 3.63) is 42.0 Å². The molecule has 7 heteroatoms. The summed E-state index contributed by atoms with van der Waals surface area (Å²) in [6.45, 7) is 2.58. The van der Waals surface area contributed by atoms with Gasteiger partial charge in [-0.3, -0.25) is 10.2 Å². The molecule has 1 saturated heterocycles. The van der Waals surface area contributed by atoms with Crippen LogP contribution in [0, 0.1) is 0 Å². The topological polar surface area (TPSA) is 41.6 Å². The van der Waals surface area contributed by atoms with E-state index in [1.54, 1.807) is 30.3 Å². The fraction of sp³-hybridized carbons (Fsp3) is 0.421. The van der Waals surface area contributed by atoms with Gasteiger partial charge in [0.1, 0.15) is 5.75 Å². The lowest BCUT2D eigenvalue weighted by molar-refractivity contribution is -0.190. The number of rotatable bonds is 6. The van der Waals surface area contributed by atoms with Crippen molar-refractivity contribution in [1.29, 1.82) is 0 Å². The molecule has 0 spiro atoms. The van der Waals surface area contributed by atoms with Crippen LogP contribution >= 0.6 is 0 Å². The average molecular weight is 366 g/mol.